The molecule has 6 rings (SSSR count). The number of hydrogen-bond donors (Lipinski definition) is 3. The van der Waals surface area contributed by atoms with Gasteiger partial charge in [-0.3, -0.25) is 9.59 Å². The topological polar surface area (TPSA) is 237 Å². The molecule has 63 heavy (non-hydrogen) atoms. The molecule has 0 radical (unpaired) electrons. The number of rotatable bonds is 21. The van der Waals surface area contributed by atoms with Crippen molar-refractivity contribution in [2.75, 3.05) is 33.5 Å². The predicted octanol–water partition coefficient (Wildman–Crippen LogP) is 4.33. The minimum absolute atomic E-state index is 0.0132. The highest BCUT2D eigenvalue weighted by atomic mass is 16.8. The highest BCUT2D eigenvalue weighted by Crippen LogP contribution is 2.38. The van der Waals surface area contributed by atoms with Crippen LogP contribution in [0.3, 0.4) is 0 Å². The number of carbonyl (C=O) groups excluding carboxylic acids is 2. The summed E-state index contributed by atoms with van der Waals surface area (Å²) < 4.78 is 63.6. The Hall–Kier alpha value is -5.18. The van der Waals surface area contributed by atoms with Crippen molar-refractivity contribution in [3.05, 3.63) is 112 Å². The fourth-order valence-corrected chi connectivity index (χ4v) is 7.56. The summed E-state index contributed by atoms with van der Waals surface area (Å²) in [7, 11) is 1.56. The SMILES string of the molecule is COc1ccc(CO[C@@H]2[C@@H](NC(C)=O)[C@H](OCCCN=[N+]=[N-])O[C@H](COCc3ccccc3)[C@H]2O[C@@H]2O[C@@H]3CO[C@@H](c4ccccc4)O[C@H]3[C@H](O[C@@H](C)C(=O)O)[C@H]2NC(C)=O)cc1. The first kappa shape index (κ1) is 47.3. The maximum absolute atomic E-state index is 13.0. The standard InChI is InChI=1S/C44H55N5O14/c1-26(41(52)53)59-40-36(48-28(3)51)44(61-34-25-58-42(62-38(34)40)31-14-9-6-10-15-31)63-37-33(24-55-22-29-12-7-5-8-13-29)60-43(56-21-11-20-46-49-45)35(47-27(2)50)39(37)57-23-30-16-18-32(54-4)19-17-30/h5-10,12-19,26,33-40,42-44H,11,20-25H2,1-4H3,(H,47,50)(H,48,51)(H,52,53)/t26-,33+,34+,35+,36+,37+,38+,39+,40+,42+,43+,44-/m0/s1. The van der Waals surface area contributed by atoms with E-state index in [1.165, 1.54) is 20.8 Å². The maximum atomic E-state index is 13.0. The van der Waals surface area contributed by atoms with Crippen molar-refractivity contribution in [2.45, 2.75) is 114 Å². The van der Waals surface area contributed by atoms with Crippen LogP contribution in [0.1, 0.15) is 50.2 Å². The third kappa shape index (κ3) is 13.2. The Labute approximate surface area is 365 Å². The molecule has 0 spiro atoms. The lowest BCUT2D eigenvalue weighted by atomic mass is 9.93. The van der Waals surface area contributed by atoms with Gasteiger partial charge in [-0.15, -0.1) is 0 Å². The fraction of sp³-hybridized carbons (Fsp3) is 0.523. The number of nitrogens with one attached hydrogen (secondary N) is 2. The van der Waals surface area contributed by atoms with Crippen molar-refractivity contribution in [3.8, 4) is 5.75 Å². The van der Waals surface area contributed by atoms with Gasteiger partial charge in [-0.25, -0.2) is 4.79 Å². The van der Waals surface area contributed by atoms with Gasteiger partial charge in [-0.1, -0.05) is 77.9 Å². The molecule has 19 heteroatoms. The molecule has 0 bridgehead atoms. The Morgan fingerprint density at radius 1 is 0.841 bits per heavy atom. The smallest absolute Gasteiger partial charge is 0.332 e. The average molecular weight is 878 g/mol. The third-order valence-corrected chi connectivity index (χ3v) is 10.5. The van der Waals surface area contributed by atoms with E-state index in [1.54, 1.807) is 19.2 Å². The Bertz CT molecular complexity index is 1960. The van der Waals surface area contributed by atoms with E-state index in [1.807, 2.05) is 72.8 Å². The summed E-state index contributed by atoms with van der Waals surface area (Å²) in [4.78, 5) is 41.1. The summed E-state index contributed by atoms with van der Waals surface area (Å²) in [6.45, 7) is 4.44. The van der Waals surface area contributed by atoms with Gasteiger partial charge in [0.15, 0.2) is 25.0 Å². The number of ether oxygens (including phenoxy) is 10. The highest BCUT2D eigenvalue weighted by Gasteiger charge is 2.56. The van der Waals surface area contributed by atoms with E-state index >= 15 is 0 Å². The van der Waals surface area contributed by atoms with Crippen LogP contribution in [-0.2, 0) is 70.2 Å². The van der Waals surface area contributed by atoms with E-state index in [4.69, 9.17) is 52.9 Å². The molecule has 3 aromatic carbocycles. The first-order valence-electron chi connectivity index (χ1n) is 20.7. The summed E-state index contributed by atoms with van der Waals surface area (Å²) in [5, 5.41) is 19.4. The van der Waals surface area contributed by atoms with Gasteiger partial charge < -0.3 is 63.1 Å². The molecule has 12 atom stereocenters. The van der Waals surface area contributed by atoms with Gasteiger partial charge in [0.25, 0.3) is 0 Å². The number of azide groups is 1. The summed E-state index contributed by atoms with van der Waals surface area (Å²) in [6, 6.07) is 23.8. The minimum Gasteiger partial charge on any atom is -0.497 e. The van der Waals surface area contributed by atoms with Gasteiger partial charge in [0, 0.05) is 37.5 Å². The number of carbonyl (C=O) groups is 3. The minimum atomic E-state index is -1.36. The highest BCUT2D eigenvalue weighted by molar-refractivity contribution is 5.74. The van der Waals surface area contributed by atoms with Crippen LogP contribution in [0.4, 0.5) is 0 Å². The number of fused-ring (bicyclic) bond motifs is 1. The van der Waals surface area contributed by atoms with E-state index in [9.17, 15) is 19.5 Å². The van der Waals surface area contributed by atoms with Crippen molar-refractivity contribution in [1.82, 2.24) is 10.6 Å². The van der Waals surface area contributed by atoms with Crippen LogP contribution in [0.15, 0.2) is 90.0 Å². The lowest BCUT2D eigenvalue weighted by molar-refractivity contribution is -0.372. The molecular weight excluding hydrogens is 823 g/mol. The quantitative estimate of drug-likeness (QED) is 0.0585. The molecule has 3 saturated heterocycles. The Kier molecular flexibility index (Phi) is 17.6. The number of amides is 2. The molecule has 0 unspecified atom stereocenters. The third-order valence-electron chi connectivity index (χ3n) is 10.5. The summed E-state index contributed by atoms with van der Waals surface area (Å²) in [6.07, 6.45) is -10.4. The van der Waals surface area contributed by atoms with E-state index in [0.29, 0.717) is 17.7 Å². The first-order valence-corrected chi connectivity index (χ1v) is 20.7. The zero-order valence-corrected chi connectivity index (χ0v) is 35.6. The predicted molar refractivity (Wildman–Crippen MR) is 222 cm³/mol. The molecular formula is C44H55N5O14. The molecule has 19 nitrogen and oxygen atoms in total. The first-order chi connectivity index (χ1) is 30.5. The maximum Gasteiger partial charge on any atom is 0.332 e. The molecule has 0 aliphatic carbocycles. The Morgan fingerprint density at radius 2 is 1.51 bits per heavy atom. The summed E-state index contributed by atoms with van der Waals surface area (Å²) >= 11 is 0. The van der Waals surface area contributed by atoms with Crippen molar-refractivity contribution in [1.29, 1.82) is 0 Å². The second-order valence-electron chi connectivity index (χ2n) is 15.2. The number of nitrogens with zero attached hydrogens (tertiary/aromatic N) is 3. The summed E-state index contributed by atoms with van der Waals surface area (Å²) in [5.41, 5.74) is 11.2. The van der Waals surface area contributed by atoms with E-state index in [2.05, 4.69) is 20.7 Å². The number of carboxylic acids is 1. The van der Waals surface area contributed by atoms with Crippen LogP contribution in [0.5, 0.6) is 5.75 Å². The van der Waals surface area contributed by atoms with Gasteiger partial charge in [0.1, 0.15) is 54.5 Å². The van der Waals surface area contributed by atoms with Gasteiger partial charge in [0.2, 0.25) is 11.8 Å². The normalized spacial score (nSPS) is 28.4. The fourth-order valence-electron chi connectivity index (χ4n) is 7.56. The van der Waals surface area contributed by atoms with Gasteiger partial charge in [-0.2, -0.15) is 0 Å². The zero-order chi connectivity index (χ0) is 44.7. The lowest BCUT2D eigenvalue weighted by Crippen LogP contribution is -2.71. The number of carboxylic acid groups (broad SMARTS) is 1. The summed E-state index contributed by atoms with van der Waals surface area (Å²) in [5.74, 6) is -1.51. The largest absolute Gasteiger partial charge is 0.497 e. The number of methoxy groups -OCH3 is 1. The molecule has 0 aromatic heterocycles. The van der Waals surface area contributed by atoms with Crippen molar-refractivity contribution in [2.24, 2.45) is 5.11 Å². The molecule has 3 fully saturated rings. The number of benzene rings is 3. The van der Waals surface area contributed by atoms with Crippen molar-refractivity contribution < 1.29 is 66.9 Å². The van der Waals surface area contributed by atoms with Crippen LogP contribution in [0, 0.1) is 0 Å². The lowest BCUT2D eigenvalue weighted by Gasteiger charge is -2.52. The van der Waals surface area contributed by atoms with E-state index < -0.39 is 91.5 Å². The van der Waals surface area contributed by atoms with Crippen molar-refractivity contribution >= 4 is 17.8 Å². The molecule has 3 aliphatic heterocycles. The van der Waals surface area contributed by atoms with Crippen LogP contribution in [0.2, 0.25) is 0 Å². The van der Waals surface area contributed by atoms with Crippen molar-refractivity contribution in [3.63, 3.8) is 0 Å². The molecule has 2 amide bonds. The van der Waals surface area contributed by atoms with Crippen LogP contribution < -0.4 is 15.4 Å². The molecule has 3 heterocycles. The van der Waals surface area contributed by atoms with Crippen LogP contribution in [0.25, 0.3) is 10.4 Å². The van der Waals surface area contributed by atoms with Crippen LogP contribution >= 0.6 is 0 Å². The Morgan fingerprint density at radius 3 is 2.16 bits per heavy atom. The van der Waals surface area contributed by atoms with Gasteiger partial charge in [0.05, 0.1) is 33.5 Å². The molecule has 3 aliphatic rings. The molecule has 0 saturated carbocycles. The molecule has 3 aromatic rings. The van der Waals surface area contributed by atoms with Gasteiger partial charge >= 0.3 is 5.97 Å². The zero-order valence-electron chi connectivity index (χ0n) is 35.6. The number of hydrogen-bond acceptors (Lipinski definition) is 14. The van der Waals surface area contributed by atoms with E-state index in [-0.39, 0.29) is 39.6 Å². The Balaban J connectivity index is 1.38. The van der Waals surface area contributed by atoms with E-state index in [0.717, 1.165) is 11.1 Å². The second kappa shape index (κ2) is 23.5. The monoisotopic (exact) mass is 877 g/mol. The van der Waals surface area contributed by atoms with Crippen LogP contribution in [-0.4, -0.2) is 124 Å². The molecule has 3 N–H and O–H groups in total. The average Bonchev–Trinajstić information content (AvgIpc) is 3.28. The molecule has 340 valence electrons. The number of aliphatic carboxylic acids is 1. The second-order valence-corrected chi connectivity index (χ2v) is 15.2. The van der Waals surface area contributed by atoms with Gasteiger partial charge in [-0.05, 0) is 42.1 Å².